The van der Waals surface area contributed by atoms with Crippen LogP contribution >= 0.6 is 0 Å². The topological polar surface area (TPSA) is 91.3 Å². The molecule has 1 heterocycles. The largest absolute Gasteiger partial charge is 0.507 e. The van der Waals surface area contributed by atoms with Crippen LogP contribution in [0, 0.1) is 0 Å². The highest BCUT2D eigenvalue weighted by Crippen LogP contribution is 2.14. The van der Waals surface area contributed by atoms with Crippen LogP contribution in [-0.4, -0.2) is 35.0 Å². The molecule has 0 saturated heterocycles. The first-order valence-electron chi connectivity index (χ1n) is 6.93. The molecule has 0 bridgehead atoms. The van der Waals surface area contributed by atoms with Crippen LogP contribution in [0.25, 0.3) is 0 Å². The lowest BCUT2D eigenvalue weighted by atomic mass is 10.2. The Labute approximate surface area is 128 Å². The third kappa shape index (κ3) is 4.31. The average molecular weight is 299 g/mol. The highest BCUT2D eigenvalue weighted by atomic mass is 16.3. The monoisotopic (exact) mass is 299 g/mol. The molecule has 0 radical (unpaired) electrons. The number of aromatic nitrogens is 1. The van der Waals surface area contributed by atoms with Crippen molar-refractivity contribution in [2.75, 3.05) is 13.1 Å². The number of aromatic hydroxyl groups is 1. The Morgan fingerprint density at radius 3 is 2.41 bits per heavy atom. The number of phenols is 1. The Morgan fingerprint density at radius 2 is 1.73 bits per heavy atom. The van der Waals surface area contributed by atoms with E-state index in [4.69, 9.17) is 0 Å². The molecular weight excluding hydrogens is 282 g/mol. The Kier molecular flexibility index (Phi) is 5.48. The molecule has 2 rings (SSSR count). The number of pyridine rings is 1. The summed E-state index contributed by atoms with van der Waals surface area (Å²) in [5, 5.41) is 15.0. The second kappa shape index (κ2) is 7.78. The van der Waals surface area contributed by atoms with E-state index in [1.165, 1.54) is 12.3 Å². The van der Waals surface area contributed by atoms with Crippen LogP contribution in [0.5, 0.6) is 5.75 Å². The zero-order valence-corrected chi connectivity index (χ0v) is 12.0. The Balaban J connectivity index is 1.69. The maximum atomic E-state index is 11.8. The SMILES string of the molecule is O=C(NCCCNC(=O)c1ccccc1O)c1cccnc1. The Bertz CT molecular complexity index is 644. The van der Waals surface area contributed by atoms with E-state index in [0.717, 1.165) is 0 Å². The van der Waals surface area contributed by atoms with Gasteiger partial charge in [-0.25, -0.2) is 0 Å². The van der Waals surface area contributed by atoms with Crippen LogP contribution < -0.4 is 10.6 Å². The maximum absolute atomic E-state index is 11.8. The number of para-hydroxylation sites is 1. The van der Waals surface area contributed by atoms with Crippen molar-refractivity contribution >= 4 is 11.8 Å². The normalized spacial score (nSPS) is 10.0. The number of rotatable bonds is 6. The van der Waals surface area contributed by atoms with E-state index in [9.17, 15) is 14.7 Å². The van der Waals surface area contributed by atoms with Gasteiger partial charge in [0.05, 0.1) is 11.1 Å². The summed E-state index contributed by atoms with van der Waals surface area (Å²) in [6.45, 7) is 0.843. The molecule has 6 heteroatoms. The number of hydrogen-bond donors (Lipinski definition) is 3. The van der Waals surface area contributed by atoms with Gasteiger partial charge in [0, 0.05) is 25.5 Å². The fraction of sp³-hybridized carbons (Fsp3) is 0.188. The van der Waals surface area contributed by atoms with Crippen LogP contribution in [-0.2, 0) is 0 Å². The number of benzene rings is 1. The predicted octanol–water partition coefficient (Wildman–Crippen LogP) is 1.34. The Hall–Kier alpha value is -2.89. The standard InChI is InChI=1S/C16H17N3O3/c20-14-7-2-1-6-13(14)16(22)19-10-4-9-18-15(21)12-5-3-8-17-11-12/h1-3,5-8,11,20H,4,9-10H2,(H,18,21)(H,19,22). The fourth-order valence-corrected chi connectivity index (χ4v) is 1.85. The molecule has 0 aliphatic rings. The van der Waals surface area contributed by atoms with E-state index in [0.29, 0.717) is 25.1 Å². The molecule has 0 spiro atoms. The highest BCUT2D eigenvalue weighted by Gasteiger charge is 2.09. The van der Waals surface area contributed by atoms with E-state index in [1.807, 2.05) is 0 Å². The van der Waals surface area contributed by atoms with Gasteiger partial charge in [-0.2, -0.15) is 0 Å². The smallest absolute Gasteiger partial charge is 0.255 e. The van der Waals surface area contributed by atoms with Crippen LogP contribution in [0.3, 0.4) is 0 Å². The summed E-state index contributed by atoms with van der Waals surface area (Å²) in [5.74, 6) is -0.582. The molecule has 2 amide bonds. The summed E-state index contributed by atoms with van der Waals surface area (Å²) < 4.78 is 0. The fourth-order valence-electron chi connectivity index (χ4n) is 1.85. The number of carbonyl (C=O) groups excluding carboxylic acids is 2. The van der Waals surface area contributed by atoms with Crippen molar-refractivity contribution in [1.29, 1.82) is 0 Å². The summed E-state index contributed by atoms with van der Waals surface area (Å²) in [5.41, 5.74) is 0.739. The van der Waals surface area contributed by atoms with E-state index in [2.05, 4.69) is 15.6 Å². The first-order valence-corrected chi connectivity index (χ1v) is 6.93. The molecule has 3 N–H and O–H groups in total. The molecular formula is C16H17N3O3. The number of nitrogens with zero attached hydrogens (tertiary/aromatic N) is 1. The van der Waals surface area contributed by atoms with Crippen molar-refractivity contribution in [3.63, 3.8) is 0 Å². The summed E-state index contributed by atoms with van der Waals surface area (Å²) in [6, 6.07) is 9.73. The van der Waals surface area contributed by atoms with Gasteiger partial charge >= 0.3 is 0 Å². The molecule has 22 heavy (non-hydrogen) atoms. The van der Waals surface area contributed by atoms with Gasteiger partial charge < -0.3 is 15.7 Å². The van der Waals surface area contributed by atoms with Crippen LogP contribution in [0.4, 0.5) is 0 Å². The maximum Gasteiger partial charge on any atom is 0.255 e. The number of nitrogens with one attached hydrogen (secondary N) is 2. The summed E-state index contributed by atoms with van der Waals surface area (Å²) >= 11 is 0. The molecule has 0 fully saturated rings. The van der Waals surface area contributed by atoms with Gasteiger partial charge in [-0.1, -0.05) is 12.1 Å². The second-order valence-electron chi connectivity index (χ2n) is 4.62. The second-order valence-corrected chi connectivity index (χ2v) is 4.62. The van der Waals surface area contributed by atoms with E-state index in [-0.39, 0.29) is 23.1 Å². The number of phenolic OH excluding ortho intramolecular Hbond substituents is 1. The highest BCUT2D eigenvalue weighted by molar-refractivity contribution is 5.96. The number of carbonyl (C=O) groups is 2. The van der Waals surface area contributed by atoms with Gasteiger partial charge in [-0.3, -0.25) is 14.6 Å². The predicted molar refractivity (Wildman–Crippen MR) is 81.6 cm³/mol. The van der Waals surface area contributed by atoms with E-state index >= 15 is 0 Å². The molecule has 6 nitrogen and oxygen atoms in total. The zero-order chi connectivity index (χ0) is 15.8. The third-order valence-electron chi connectivity index (χ3n) is 3.00. The third-order valence-corrected chi connectivity index (χ3v) is 3.00. The minimum absolute atomic E-state index is 0.0510. The molecule has 1 aromatic heterocycles. The van der Waals surface area contributed by atoms with Gasteiger partial charge in [0.25, 0.3) is 11.8 Å². The van der Waals surface area contributed by atoms with Gasteiger partial charge in [0.1, 0.15) is 5.75 Å². The Morgan fingerprint density at radius 1 is 1.00 bits per heavy atom. The van der Waals surface area contributed by atoms with Crippen molar-refractivity contribution in [2.24, 2.45) is 0 Å². The minimum atomic E-state index is -0.336. The van der Waals surface area contributed by atoms with Crippen molar-refractivity contribution < 1.29 is 14.7 Å². The minimum Gasteiger partial charge on any atom is -0.507 e. The van der Waals surface area contributed by atoms with Crippen LogP contribution in [0.15, 0.2) is 48.8 Å². The van der Waals surface area contributed by atoms with Crippen molar-refractivity contribution in [1.82, 2.24) is 15.6 Å². The van der Waals surface area contributed by atoms with Gasteiger partial charge in [0.15, 0.2) is 0 Å². The van der Waals surface area contributed by atoms with Crippen molar-refractivity contribution in [3.05, 3.63) is 59.9 Å². The summed E-state index contributed by atoms with van der Waals surface area (Å²) in [7, 11) is 0. The van der Waals surface area contributed by atoms with Crippen molar-refractivity contribution in [3.8, 4) is 5.75 Å². The van der Waals surface area contributed by atoms with Gasteiger partial charge in [-0.05, 0) is 30.7 Å². The quantitative estimate of drug-likeness (QED) is 0.702. The number of hydrogen-bond acceptors (Lipinski definition) is 4. The first-order chi connectivity index (χ1) is 10.7. The van der Waals surface area contributed by atoms with E-state index in [1.54, 1.807) is 36.5 Å². The molecule has 0 atom stereocenters. The average Bonchev–Trinajstić information content (AvgIpc) is 2.55. The molecule has 0 aliphatic heterocycles. The lowest BCUT2D eigenvalue weighted by Gasteiger charge is -2.07. The number of amides is 2. The summed E-state index contributed by atoms with van der Waals surface area (Å²) in [6.07, 6.45) is 3.69. The van der Waals surface area contributed by atoms with Crippen LogP contribution in [0.2, 0.25) is 0 Å². The van der Waals surface area contributed by atoms with Crippen molar-refractivity contribution in [2.45, 2.75) is 6.42 Å². The summed E-state index contributed by atoms with van der Waals surface area (Å²) in [4.78, 5) is 27.4. The molecule has 1 aromatic carbocycles. The van der Waals surface area contributed by atoms with Crippen LogP contribution in [0.1, 0.15) is 27.1 Å². The first kappa shape index (κ1) is 15.5. The molecule has 0 saturated carbocycles. The van der Waals surface area contributed by atoms with Gasteiger partial charge in [-0.15, -0.1) is 0 Å². The molecule has 0 aliphatic carbocycles. The van der Waals surface area contributed by atoms with Gasteiger partial charge in [0.2, 0.25) is 0 Å². The lowest BCUT2D eigenvalue weighted by molar-refractivity contribution is 0.0950. The lowest BCUT2D eigenvalue weighted by Crippen LogP contribution is -2.29. The molecule has 2 aromatic rings. The molecule has 0 unspecified atom stereocenters. The zero-order valence-electron chi connectivity index (χ0n) is 12.0. The van der Waals surface area contributed by atoms with E-state index < -0.39 is 0 Å². The molecule has 114 valence electrons.